The summed E-state index contributed by atoms with van der Waals surface area (Å²) in [6.45, 7) is 11.1. The van der Waals surface area contributed by atoms with Crippen LogP contribution in [0.4, 0.5) is 14.5 Å². The van der Waals surface area contributed by atoms with Crippen molar-refractivity contribution >= 4 is 32.9 Å². The molecule has 1 aliphatic carbocycles. The number of pyridine rings is 1. The van der Waals surface area contributed by atoms with Gasteiger partial charge >= 0.3 is 0 Å². The summed E-state index contributed by atoms with van der Waals surface area (Å²) >= 11 is 5.92. The molecule has 0 amide bonds. The number of halogens is 3. The number of aliphatic hydroxyl groups excluding tert-OH is 1. The summed E-state index contributed by atoms with van der Waals surface area (Å²) < 4.78 is 63.6. The topological polar surface area (TPSA) is 114 Å². The maximum absolute atomic E-state index is 15.3. The molecule has 1 aliphatic rings. The lowest BCUT2D eigenvalue weighted by molar-refractivity contribution is 0.282. The maximum atomic E-state index is 15.3. The number of allylic oxidation sites excluding steroid dienone is 2. The van der Waals surface area contributed by atoms with Crippen LogP contribution in [0.3, 0.4) is 0 Å². The first-order chi connectivity index (χ1) is 18.1. The van der Waals surface area contributed by atoms with Crippen molar-refractivity contribution in [2.45, 2.75) is 65.4 Å². The number of nitrogens with one attached hydrogen (secondary N) is 1. The molecule has 1 fully saturated rings. The number of hydrogen-bond acceptors (Lipinski definition) is 7. The van der Waals surface area contributed by atoms with Crippen molar-refractivity contribution in [3.63, 3.8) is 0 Å². The minimum Gasteiger partial charge on any atom is -0.512 e. The molecule has 2 N–H and O–H groups in total. The quantitative estimate of drug-likeness (QED) is 0.290. The Labute approximate surface area is 226 Å². The van der Waals surface area contributed by atoms with Crippen LogP contribution in [0, 0.1) is 11.6 Å². The molecule has 0 radical (unpaired) electrons. The molecule has 8 nitrogen and oxygen atoms in total. The first-order valence-electron chi connectivity index (χ1n) is 12.1. The molecular formula is C26H31ClF2N4O4S. The number of aliphatic hydroxyl groups is 1. The predicted molar refractivity (Wildman–Crippen MR) is 145 cm³/mol. The SMILES string of the molecule is C/C(O)=C(\C)c1cnc(-c2c(F)ccc(NS(=O)(=O)c3cc(Cl)cnc3OC3CC3)c2F)cn1.CC.CC. The van der Waals surface area contributed by atoms with Crippen molar-refractivity contribution in [1.29, 1.82) is 0 Å². The highest BCUT2D eigenvalue weighted by Gasteiger charge is 2.30. The first-order valence-corrected chi connectivity index (χ1v) is 13.9. The Morgan fingerprint density at radius 3 is 2.26 bits per heavy atom. The van der Waals surface area contributed by atoms with Crippen LogP contribution in [0.2, 0.25) is 5.02 Å². The summed E-state index contributed by atoms with van der Waals surface area (Å²) in [5.74, 6) is -2.28. The molecule has 0 unspecified atom stereocenters. The number of sulfonamides is 1. The molecule has 1 aromatic carbocycles. The molecule has 12 heteroatoms. The second kappa shape index (κ2) is 13.5. The van der Waals surface area contributed by atoms with E-state index in [-0.39, 0.29) is 33.4 Å². The van der Waals surface area contributed by atoms with Crippen molar-refractivity contribution in [2.24, 2.45) is 0 Å². The maximum Gasteiger partial charge on any atom is 0.267 e. The Morgan fingerprint density at radius 2 is 1.71 bits per heavy atom. The van der Waals surface area contributed by atoms with Crippen LogP contribution < -0.4 is 9.46 Å². The van der Waals surface area contributed by atoms with E-state index in [2.05, 4.69) is 19.7 Å². The van der Waals surface area contributed by atoms with Gasteiger partial charge < -0.3 is 9.84 Å². The summed E-state index contributed by atoms with van der Waals surface area (Å²) in [6.07, 6.45) is 5.00. The zero-order valence-corrected chi connectivity index (χ0v) is 23.6. The third kappa shape index (κ3) is 7.38. The van der Waals surface area contributed by atoms with Crippen molar-refractivity contribution in [3.05, 3.63) is 64.9 Å². The summed E-state index contributed by atoms with van der Waals surface area (Å²) in [7, 11) is -4.40. The average Bonchev–Trinajstić information content (AvgIpc) is 3.73. The largest absolute Gasteiger partial charge is 0.512 e. The Balaban J connectivity index is 0.00000121. The second-order valence-electron chi connectivity index (χ2n) is 7.66. The minimum absolute atomic E-state index is 0.0244. The molecule has 1 saturated carbocycles. The number of ether oxygens (including phenoxy) is 1. The lowest BCUT2D eigenvalue weighted by Crippen LogP contribution is -2.17. The van der Waals surface area contributed by atoms with Gasteiger partial charge in [-0.3, -0.25) is 14.7 Å². The van der Waals surface area contributed by atoms with Gasteiger partial charge in [0.05, 0.1) is 45.8 Å². The molecule has 0 atom stereocenters. The molecule has 38 heavy (non-hydrogen) atoms. The van der Waals surface area contributed by atoms with Crippen LogP contribution in [-0.2, 0) is 10.0 Å². The molecule has 206 valence electrons. The van der Waals surface area contributed by atoms with Crippen LogP contribution in [0.5, 0.6) is 5.88 Å². The molecule has 4 rings (SSSR count). The van der Waals surface area contributed by atoms with Gasteiger partial charge in [-0.1, -0.05) is 39.3 Å². The standard InChI is InChI=1S/C22H19ClF2N4O4S.2C2H6/c1-11(12(2)30)17-9-27-18(10-26-17)20-15(24)5-6-16(21(20)25)29-34(31,32)19-7-13(23)8-28-22(19)33-14-3-4-14;2*1-2/h5-10,14,29-30H,3-4H2,1-2H3;2*1-2H3/b12-11-;;. The smallest absolute Gasteiger partial charge is 0.267 e. The van der Waals surface area contributed by atoms with Crippen LogP contribution in [0.1, 0.15) is 60.1 Å². The van der Waals surface area contributed by atoms with E-state index in [4.69, 9.17) is 16.3 Å². The first kappa shape index (κ1) is 30.9. The fourth-order valence-corrected chi connectivity index (χ4v) is 4.33. The van der Waals surface area contributed by atoms with Gasteiger partial charge in [-0.25, -0.2) is 22.2 Å². The summed E-state index contributed by atoms with van der Waals surface area (Å²) in [6, 6.07) is 3.00. The summed E-state index contributed by atoms with van der Waals surface area (Å²) in [4.78, 5) is 11.7. The zero-order valence-electron chi connectivity index (χ0n) is 22.0. The van der Waals surface area contributed by atoms with Gasteiger partial charge in [0.15, 0.2) is 10.7 Å². The minimum atomic E-state index is -4.40. The lowest BCUT2D eigenvalue weighted by atomic mass is 10.1. The van der Waals surface area contributed by atoms with E-state index < -0.39 is 32.9 Å². The van der Waals surface area contributed by atoms with E-state index in [1.807, 2.05) is 27.7 Å². The van der Waals surface area contributed by atoms with Gasteiger partial charge in [0, 0.05) is 11.8 Å². The number of nitrogens with zero attached hydrogens (tertiary/aromatic N) is 3. The number of aromatic nitrogens is 3. The van der Waals surface area contributed by atoms with E-state index >= 15 is 4.39 Å². The normalized spacial score (nSPS) is 13.3. The molecule has 0 bridgehead atoms. The van der Waals surface area contributed by atoms with Gasteiger partial charge in [0.2, 0.25) is 5.88 Å². The van der Waals surface area contributed by atoms with E-state index in [1.54, 1.807) is 6.92 Å². The Morgan fingerprint density at radius 1 is 1.05 bits per heavy atom. The number of benzene rings is 1. The number of hydrogen-bond donors (Lipinski definition) is 2. The molecule has 0 aliphatic heterocycles. The zero-order chi connectivity index (χ0) is 28.6. The van der Waals surface area contributed by atoms with Crippen LogP contribution in [0.15, 0.2) is 47.4 Å². The monoisotopic (exact) mass is 568 g/mol. The molecular weight excluding hydrogens is 538 g/mol. The van der Waals surface area contributed by atoms with E-state index in [1.165, 1.54) is 19.3 Å². The van der Waals surface area contributed by atoms with Gasteiger partial charge in [-0.15, -0.1) is 0 Å². The average molecular weight is 569 g/mol. The summed E-state index contributed by atoms with van der Waals surface area (Å²) in [5.41, 5.74) is -0.480. The molecule has 3 aromatic rings. The highest BCUT2D eigenvalue weighted by molar-refractivity contribution is 7.92. The van der Waals surface area contributed by atoms with Gasteiger partial charge in [-0.2, -0.15) is 0 Å². The van der Waals surface area contributed by atoms with E-state index in [0.717, 1.165) is 37.2 Å². The van der Waals surface area contributed by atoms with Crippen molar-refractivity contribution in [1.82, 2.24) is 15.0 Å². The van der Waals surface area contributed by atoms with Crippen molar-refractivity contribution in [2.75, 3.05) is 4.72 Å². The van der Waals surface area contributed by atoms with E-state index in [0.29, 0.717) is 11.3 Å². The van der Waals surface area contributed by atoms with E-state index in [9.17, 15) is 17.9 Å². The van der Waals surface area contributed by atoms with Crippen LogP contribution in [0.25, 0.3) is 16.8 Å². The van der Waals surface area contributed by atoms with Gasteiger partial charge in [0.25, 0.3) is 10.0 Å². The fraction of sp³-hybridized carbons (Fsp3) is 0.346. The Kier molecular flexibility index (Phi) is 11.0. The second-order valence-corrected chi connectivity index (χ2v) is 9.75. The third-order valence-electron chi connectivity index (χ3n) is 5.05. The number of rotatable bonds is 7. The van der Waals surface area contributed by atoms with Crippen molar-refractivity contribution < 1.29 is 27.0 Å². The van der Waals surface area contributed by atoms with Gasteiger partial charge in [-0.05, 0) is 44.9 Å². The predicted octanol–water partition coefficient (Wildman–Crippen LogP) is 7.17. The summed E-state index contributed by atoms with van der Waals surface area (Å²) in [5, 5.41) is 9.62. The molecule has 2 aromatic heterocycles. The molecule has 0 spiro atoms. The van der Waals surface area contributed by atoms with Gasteiger partial charge in [0.1, 0.15) is 11.9 Å². The Bertz CT molecular complexity index is 1390. The fourth-order valence-electron chi connectivity index (χ4n) is 2.93. The van der Waals surface area contributed by atoms with Crippen LogP contribution in [-0.4, -0.2) is 34.6 Å². The highest BCUT2D eigenvalue weighted by Crippen LogP contribution is 2.34. The van der Waals surface area contributed by atoms with Crippen LogP contribution >= 0.6 is 11.6 Å². The number of anilines is 1. The Hall–Kier alpha value is -3.31. The van der Waals surface area contributed by atoms with Crippen molar-refractivity contribution in [3.8, 4) is 17.1 Å². The lowest BCUT2D eigenvalue weighted by Gasteiger charge is -2.14. The molecule has 2 heterocycles. The third-order valence-corrected chi connectivity index (χ3v) is 6.61. The molecule has 0 saturated heterocycles. The highest BCUT2D eigenvalue weighted by atomic mass is 35.5.